The molecule has 3 aromatic rings. The molecule has 0 aliphatic carbocycles. The molecule has 7 nitrogen and oxygen atoms in total. The molecule has 1 aromatic heterocycles. The van der Waals surface area contributed by atoms with Crippen LogP contribution in [0.1, 0.15) is 0 Å². The molecule has 0 saturated heterocycles. The molecule has 0 radical (unpaired) electrons. The molecular weight excluding hydrogens is 427 g/mol. The van der Waals surface area contributed by atoms with Gasteiger partial charge in [0, 0.05) is 17.7 Å². The van der Waals surface area contributed by atoms with Crippen molar-refractivity contribution in [2.75, 3.05) is 17.2 Å². The third kappa shape index (κ3) is 6.26. The van der Waals surface area contributed by atoms with Crippen LogP contribution in [0.3, 0.4) is 0 Å². The number of alkyl halides is 3. The highest BCUT2D eigenvalue weighted by atomic mass is 19.4. The number of aliphatic carboxylic acids is 1. The minimum absolute atomic E-state index is 0.0226. The number of ether oxygens (including phenoxy) is 1. The minimum atomic E-state index is -4.90. The van der Waals surface area contributed by atoms with E-state index in [0.29, 0.717) is 6.07 Å². The zero-order valence-electron chi connectivity index (χ0n) is 15.4. The molecule has 0 atom stereocenters. The van der Waals surface area contributed by atoms with Crippen LogP contribution in [-0.4, -0.2) is 34.0 Å². The molecular formula is C19H13F5N4O3. The van der Waals surface area contributed by atoms with E-state index in [-0.39, 0.29) is 28.7 Å². The monoisotopic (exact) mass is 440 g/mol. The Kier molecular flexibility index (Phi) is 6.18. The van der Waals surface area contributed by atoms with Gasteiger partial charge < -0.3 is 20.5 Å². The summed E-state index contributed by atoms with van der Waals surface area (Å²) < 4.78 is 68.5. The first kappa shape index (κ1) is 21.7. The van der Waals surface area contributed by atoms with E-state index in [1.807, 2.05) is 0 Å². The molecule has 0 aliphatic rings. The maximum atomic E-state index is 14.0. The molecule has 0 unspecified atom stereocenters. The molecule has 12 heteroatoms. The van der Waals surface area contributed by atoms with Crippen molar-refractivity contribution in [2.24, 2.45) is 0 Å². The molecule has 3 N–H and O–H groups in total. The Morgan fingerprint density at radius 3 is 2.52 bits per heavy atom. The van der Waals surface area contributed by atoms with Crippen molar-refractivity contribution in [2.45, 2.75) is 6.36 Å². The molecule has 0 fully saturated rings. The second kappa shape index (κ2) is 8.81. The first-order valence-electron chi connectivity index (χ1n) is 8.52. The summed E-state index contributed by atoms with van der Waals surface area (Å²) in [5.41, 5.74) is 0.134. The lowest BCUT2D eigenvalue weighted by Crippen LogP contribution is -2.17. The summed E-state index contributed by atoms with van der Waals surface area (Å²) in [7, 11) is 0. The maximum absolute atomic E-state index is 14.0. The number of carboxylic acids is 1. The standard InChI is InChI=1S/C19H13F5N4O3/c20-11-4-5-14(13(21)7-11)26-16-8-15(27-18(28-16)25-9-17(29)30)10-2-1-3-12(6-10)31-19(22,23)24/h1-8H,9H2,(H,29,30)(H2,25,26,27,28). The largest absolute Gasteiger partial charge is 0.573 e. The zero-order valence-corrected chi connectivity index (χ0v) is 15.4. The van der Waals surface area contributed by atoms with Gasteiger partial charge in [0.1, 0.15) is 29.7 Å². The quantitative estimate of drug-likeness (QED) is 0.464. The van der Waals surface area contributed by atoms with Crippen molar-refractivity contribution in [3.63, 3.8) is 0 Å². The first-order valence-corrected chi connectivity index (χ1v) is 8.52. The van der Waals surface area contributed by atoms with Gasteiger partial charge in [-0.3, -0.25) is 4.79 Å². The number of nitrogens with zero attached hydrogens (tertiary/aromatic N) is 2. The molecule has 162 valence electrons. The fraction of sp³-hybridized carbons (Fsp3) is 0.105. The summed E-state index contributed by atoms with van der Waals surface area (Å²) >= 11 is 0. The van der Waals surface area contributed by atoms with Crippen LogP contribution in [0.25, 0.3) is 11.3 Å². The van der Waals surface area contributed by atoms with Crippen molar-refractivity contribution in [1.82, 2.24) is 9.97 Å². The van der Waals surface area contributed by atoms with E-state index in [2.05, 4.69) is 25.3 Å². The summed E-state index contributed by atoms with van der Waals surface area (Å²) in [6.45, 7) is -0.551. The number of benzene rings is 2. The predicted octanol–water partition coefficient (Wildman–Crippen LogP) is 4.56. The summed E-state index contributed by atoms with van der Waals surface area (Å²) in [4.78, 5) is 18.9. The van der Waals surface area contributed by atoms with Gasteiger partial charge in [-0.05, 0) is 24.3 Å². The fourth-order valence-electron chi connectivity index (χ4n) is 2.47. The minimum Gasteiger partial charge on any atom is -0.480 e. The number of carboxylic acid groups (broad SMARTS) is 1. The lowest BCUT2D eigenvalue weighted by Gasteiger charge is -2.13. The lowest BCUT2D eigenvalue weighted by atomic mass is 10.1. The van der Waals surface area contributed by atoms with Gasteiger partial charge in [-0.15, -0.1) is 13.2 Å². The number of hydrogen-bond donors (Lipinski definition) is 3. The zero-order chi connectivity index (χ0) is 22.6. The van der Waals surface area contributed by atoms with Gasteiger partial charge in [0.05, 0.1) is 11.4 Å². The average Bonchev–Trinajstić information content (AvgIpc) is 2.67. The lowest BCUT2D eigenvalue weighted by molar-refractivity contribution is -0.274. The Morgan fingerprint density at radius 2 is 1.84 bits per heavy atom. The van der Waals surface area contributed by atoms with Crippen LogP contribution < -0.4 is 15.4 Å². The topological polar surface area (TPSA) is 96.4 Å². The molecule has 3 rings (SSSR count). The molecule has 0 amide bonds. The van der Waals surface area contributed by atoms with E-state index in [1.165, 1.54) is 18.2 Å². The fourth-order valence-corrected chi connectivity index (χ4v) is 2.47. The van der Waals surface area contributed by atoms with E-state index in [0.717, 1.165) is 24.3 Å². The predicted molar refractivity (Wildman–Crippen MR) is 99.9 cm³/mol. The molecule has 1 heterocycles. The Morgan fingerprint density at radius 1 is 1.06 bits per heavy atom. The maximum Gasteiger partial charge on any atom is 0.573 e. The molecule has 0 aliphatic heterocycles. The summed E-state index contributed by atoms with van der Waals surface area (Å²) in [6, 6.07) is 8.97. The van der Waals surface area contributed by atoms with E-state index < -0.39 is 36.3 Å². The molecule has 31 heavy (non-hydrogen) atoms. The van der Waals surface area contributed by atoms with E-state index in [1.54, 1.807) is 0 Å². The Labute approximate surface area is 171 Å². The van der Waals surface area contributed by atoms with Crippen molar-refractivity contribution in [3.05, 3.63) is 60.2 Å². The molecule has 0 saturated carbocycles. The van der Waals surface area contributed by atoms with Gasteiger partial charge in [-0.1, -0.05) is 12.1 Å². The Balaban J connectivity index is 1.99. The number of hydrogen-bond acceptors (Lipinski definition) is 6. The number of halogens is 5. The van der Waals surface area contributed by atoms with Crippen LogP contribution in [0, 0.1) is 11.6 Å². The van der Waals surface area contributed by atoms with Crippen LogP contribution >= 0.6 is 0 Å². The van der Waals surface area contributed by atoms with Crippen LogP contribution in [0.2, 0.25) is 0 Å². The van der Waals surface area contributed by atoms with Crippen molar-refractivity contribution in [1.29, 1.82) is 0 Å². The molecule has 2 aromatic carbocycles. The van der Waals surface area contributed by atoms with Crippen LogP contribution in [0.5, 0.6) is 5.75 Å². The van der Waals surface area contributed by atoms with Crippen molar-refractivity contribution >= 4 is 23.4 Å². The van der Waals surface area contributed by atoms with E-state index in [9.17, 15) is 26.7 Å². The number of carbonyl (C=O) groups is 1. The summed E-state index contributed by atoms with van der Waals surface area (Å²) in [5, 5.41) is 13.9. The highest BCUT2D eigenvalue weighted by Gasteiger charge is 2.31. The van der Waals surface area contributed by atoms with Gasteiger partial charge in [0.25, 0.3) is 0 Å². The highest BCUT2D eigenvalue weighted by molar-refractivity contribution is 5.73. The summed E-state index contributed by atoms with van der Waals surface area (Å²) in [5.74, 6) is -3.63. The Hall–Kier alpha value is -3.96. The second-order valence-corrected chi connectivity index (χ2v) is 6.03. The van der Waals surface area contributed by atoms with Crippen LogP contribution in [-0.2, 0) is 4.79 Å². The van der Waals surface area contributed by atoms with Gasteiger partial charge in [0.15, 0.2) is 0 Å². The number of anilines is 3. The second-order valence-electron chi connectivity index (χ2n) is 6.03. The third-order valence-electron chi connectivity index (χ3n) is 3.68. The van der Waals surface area contributed by atoms with Gasteiger partial charge in [-0.25, -0.2) is 13.8 Å². The van der Waals surface area contributed by atoms with Gasteiger partial charge in [0.2, 0.25) is 5.95 Å². The van der Waals surface area contributed by atoms with Crippen LogP contribution in [0.4, 0.5) is 39.4 Å². The number of aromatic nitrogens is 2. The van der Waals surface area contributed by atoms with Crippen molar-refractivity contribution < 1.29 is 36.6 Å². The van der Waals surface area contributed by atoms with Crippen LogP contribution in [0.15, 0.2) is 48.5 Å². The number of nitrogens with one attached hydrogen (secondary N) is 2. The molecule has 0 spiro atoms. The van der Waals surface area contributed by atoms with Crippen molar-refractivity contribution in [3.8, 4) is 17.0 Å². The third-order valence-corrected chi connectivity index (χ3v) is 3.68. The van der Waals surface area contributed by atoms with Gasteiger partial charge >= 0.3 is 12.3 Å². The number of rotatable bonds is 7. The first-order chi connectivity index (χ1) is 14.6. The van der Waals surface area contributed by atoms with E-state index in [4.69, 9.17) is 5.11 Å². The highest BCUT2D eigenvalue weighted by Crippen LogP contribution is 2.29. The van der Waals surface area contributed by atoms with E-state index >= 15 is 0 Å². The summed E-state index contributed by atoms with van der Waals surface area (Å²) in [6.07, 6.45) is -4.90. The SMILES string of the molecule is O=C(O)CNc1nc(Nc2ccc(F)cc2F)cc(-c2cccc(OC(F)(F)F)c2)n1. The van der Waals surface area contributed by atoms with Gasteiger partial charge in [-0.2, -0.15) is 4.98 Å². The molecule has 0 bridgehead atoms. The average molecular weight is 440 g/mol. The normalized spacial score (nSPS) is 11.1. The Bertz CT molecular complexity index is 1110. The smallest absolute Gasteiger partial charge is 0.480 e.